The molecule has 0 bridgehead atoms. The molecular formula is C3H7ClKN3O. The fourth-order valence-corrected chi connectivity index (χ4v) is 0.445. The summed E-state index contributed by atoms with van der Waals surface area (Å²) in [4.78, 5) is 0. The monoisotopic (exact) mass is 175 g/mol. The third-order valence-electron chi connectivity index (χ3n) is 0.648. The third kappa shape index (κ3) is 4.55. The number of hydrogen-bond acceptors (Lipinski definition) is 3. The van der Waals surface area contributed by atoms with Crippen molar-refractivity contribution in [2.75, 3.05) is 5.88 Å². The van der Waals surface area contributed by atoms with Gasteiger partial charge in [-0.2, -0.15) is 5.11 Å². The molecule has 1 rings (SSSR count). The molecule has 0 fully saturated rings. The van der Waals surface area contributed by atoms with Gasteiger partial charge in [0.25, 0.3) is 0 Å². The summed E-state index contributed by atoms with van der Waals surface area (Å²) in [5, 5.41) is 10.5. The zero-order valence-corrected chi connectivity index (χ0v) is 4.84. The Morgan fingerprint density at radius 1 is 1.56 bits per heavy atom. The number of halogens is 1. The van der Waals surface area contributed by atoms with Crippen LogP contribution in [-0.2, 0) is 0 Å². The minimum absolute atomic E-state index is 0. The van der Waals surface area contributed by atoms with E-state index >= 15 is 0 Å². The van der Waals surface area contributed by atoms with E-state index in [0.717, 1.165) is 0 Å². The van der Waals surface area contributed by atoms with Gasteiger partial charge in [0, 0.05) is 0 Å². The van der Waals surface area contributed by atoms with Crippen LogP contribution in [0.1, 0.15) is 0 Å². The molecule has 0 spiro atoms. The molecule has 1 heterocycles. The van der Waals surface area contributed by atoms with Crippen LogP contribution in [0, 0.1) is 0 Å². The van der Waals surface area contributed by atoms with E-state index in [1.807, 2.05) is 0 Å². The molecule has 48 valence electrons. The molecule has 1 atom stereocenters. The van der Waals surface area contributed by atoms with Crippen molar-refractivity contribution in [1.29, 1.82) is 0 Å². The van der Waals surface area contributed by atoms with Gasteiger partial charge in [-0.3, -0.25) is 0 Å². The van der Waals surface area contributed by atoms with E-state index in [-0.39, 0.29) is 62.9 Å². The molecule has 0 amide bonds. The summed E-state index contributed by atoms with van der Waals surface area (Å²) in [6.07, 6.45) is 1.62. The van der Waals surface area contributed by atoms with Crippen molar-refractivity contribution < 1.29 is 5.48 Å². The molecule has 1 aliphatic rings. The van der Waals surface area contributed by atoms with Crippen LogP contribution < -0.4 is 0 Å². The topological polar surface area (TPSA) is 68.6 Å². The van der Waals surface area contributed by atoms with Crippen LogP contribution in [0.5, 0.6) is 0 Å². The Hall–Kier alpha value is 1.16. The van der Waals surface area contributed by atoms with E-state index in [1.165, 1.54) is 0 Å². The summed E-state index contributed by atoms with van der Waals surface area (Å²) in [6, 6.07) is 0.0293. The van der Waals surface area contributed by atoms with Crippen LogP contribution >= 0.6 is 11.6 Å². The Labute approximate surface area is 100 Å². The molecular weight excluding hydrogens is 169 g/mol. The molecule has 0 aliphatic carbocycles. The van der Waals surface area contributed by atoms with Gasteiger partial charge in [0.15, 0.2) is 0 Å². The molecule has 0 radical (unpaired) electrons. The number of nitrogens with zero attached hydrogens (tertiary/aromatic N) is 3. The van der Waals surface area contributed by atoms with Crippen LogP contribution in [0.25, 0.3) is 0 Å². The van der Waals surface area contributed by atoms with Crippen molar-refractivity contribution in [3.63, 3.8) is 0 Å². The Bertz CT molecular complexity index is 106. The van der Waals surface area contributed by atoms with Gasteiger partial charge in [-0.1, -0.05) is 0 Å². The second kappa shape index (κ2) is 7.27. The van der Waals surface area contributed by atoms with Crippen LogP contribution in [0.3, 0.4) is 0 Å². The number of hydrogen-bond donors (Lipinski definition) is 0. The quantitative estimate of drug-likeness (QED) is 0.384. The van der Waals surface area contributed by atoms with Gasteiger partial charge in [-0.25, -0.2) is 0 Å². The molecule has 0 aromatic heterocycles. The molecule has 6 heteroatoms. The van der Waals surface area contributed by atoms with E-state index in [2.05, 4.69) is 15.4 Å². The number of rotatable bonds is 1. The van der Waals surface area contributed by atoms with Crippen molar-refractivity contribution >= 4 is 69.2 Å². The van der Waals surface area contributed by atoms with Crippen LogP contribution in [0.4, 0.5) is 0 Å². The van der Waals surface area contributed by atoms with E-state index in [9.17, 15) is 0 Å². The van der Waals surface area contributed by atoms with Gasteiger partial charge in [0.2, 0.25) is 0 Å². The number of alkyl halides is 1. The summed E-state index contributed by atoms with van der Waals surface area (Å²) in [5.74, 6) is 0.479. The normalized spacial score (nSPS) is 20.8. The van der Waals surface area contributed by atoms with Gasteiger partial charge >= 0.3 is 51.4 Å². The Morgan fingerprint density at radius 3 is 2.44 bits per heavy atom. The standard InChI is InChI=1S/C3H4ClN3.K.H2O.H/c4-1-3-2-5-7-6-3;;;/h2-3H,1H2;;1H2;. The zero-order chi connectivity index (χ0) is 5.11. The Morgan fingerprint density at radius 2 is 2.22 bits per heavy atom. The molecule has 0 saturated heterocycles. The molecule has 1 aliphatic heterocycles. The van der Waals surface area contributed by atoms with Crippen LogP contribution in [0.15, 0.2) is 15.4 Å². The van der Waals surface area contributed by atoms with Crippen LogP contribution in [-0.4, -0.2) is 75.0 Å². The third-order valence-corrected chi connectivity index (χ3v) is 0.965. The predicted molar refractivity (Wildman–Crippen MR) is 38.6 cm³/mol. The van der Waals surface area contributed by atoms with E-state index < -0.39 is 0 Å². The van der Waals surface area contributed by atoms with Crippen molar-refractivity contribution in [3.8, 4) is 0 Å². The second-order valence-corrected chi connectivity index (χ2v) is 1.50. The van der Waals surface area contributed by atoms with Crippen molar-refractivity contribution in [2.45, 2.75) is 6.04 Å². The van der Waals surface area contributed by atoms with Gasteiger partial charge in [-0.15, -0.1) is 16.7 Å². The first-order valence-electron chi connectivity index (χ1n) is 1.93. The summed E-state index contributed by atoms with van der Waals surface area (Å²) < 4.78 is 0. The van der Waals surface area contributed by atoms with Crippen molar-refractivity contribution in [2.24, 2.45) is 15.4 Å². The summed E-state index contributed by atoms with van der Waals surface area (Å²) in [5.41, 5.74) is 0. The first-order valence-corrected chi connectivity index (χ1v) is 2.46. The van der Waals surface area contributed by atoms with Gasteiger partial charge in [0.1, 0.15) is 6.04 Å². The zero-order valence-electron chi connectivity index (χ0n) is 4.08. The fraction of sp³-hybridized carbons (Fsp3) is 0.667. The van der Waals surface area contributed by atoms with Crippen molar-refractivity contribution in [3.05, 3.63) is 0 Å². The Balaban J connectivity index is 0. The van der Waals surface area contributed by atoms with Gasteiger partial charge in [-0.05, 0) is 5.22 Å². The van der Waals surface area contributed by atoms with Gasteiger partial charge < -0.3 is 5.48 Å². The molecule has 9 heavy (non-hydrogen) atoms. The fourth-order valence-electron chi connectivity index (χ4n) is 0.303. The first-order chi connectivity index (χ1) is 3.43. The van der Waals surface area contributed by atoms with E-state index in [0.29, 0.717) is 5.88 Å². The van der Waals surface area contributed by atoms with E-state index in [1.54, 1.807) is 6.21 Å². The molecule has 1 unspecified atom stereocenters. The van der Waals surface area contributed by atoms with E-state index in [4.69, 9.17) is 11.6 Å². The molecule has 2 N–H and O–H groups in total. The summed E-state index contributed by atoms with van der Waals surface area (Å²) in [7, 11) is 0. The average molecular weight is 176 g/mol. The Kier molecular flexibility index (Phi) is 10.3. The maximum absolute atomic E-state index is 5.36. The predicted octanol–water partition coefficient (Wildman–Crippen LogP) is -0.428. The van der Waals surface area contributed by atoms with Crippen LogP contribution in [0.2, 0.25) is 0 Å². The summed E-state index contributed by atoms with van der Waals surface area (Å²) in [6.45, 7) is 0. The molecule has 4 nitrogen and oxygen atoms in total. The summed E-state index contributed by atoms with van der Waals surface area (Å²) >= 11 is 5.36. The molecule has 0 aromatic rings. The molecule has 0 saturated carbocycles. The minimum atomic E-state index is 0. The van der Waals surface area contributed by atoms with Crippen molar-refractivity contribution in [1.82, 2.24) is 0 Å². The first kappa shape index (κ1) is 12.8. The second-order valence-electron chi connectivity index (χ2n) is 1.19. The van der Waals surface area contributed by atoms with Gasteiger partial charge in [0.05, 0.1) is 12.1 Å². The molecule has 0 aromatic carbocycles. The maximum atomic E-state index is 5.36. The average Bonchev–Trinajstić information content (AvgIpc) is 2.14. The SMILES string of the molecule is ClCC1C=NN=N1.O.[KH].